The Morgan fingerprint density at radius 3 is 2.17 bits per heavy atom. The van der Waals surface area contributed by atoms with E-state index in [0.29, 0.717) is 0 Å². The Labute approximate surface area is 475 Å². The van der Waals surface area contributed by atoms with Crippen LogP contribution < -0.4 is 36.6 Å². The molecule has 5 bridgehead atoms. The Bertz CT molecular complexity index is 3410. The number of anilines is 1. The van der Waals surface area contributed by atoms with Gasteiger partial charge < -0.3 is 80.2 Å². The minimum Gasteiger partial charge on any atom is -0.507 e. The Morgan fingerprint density at radius 1 is 0.880 bits per heavy atom. The maximum Gasteiger partial charge on any atom is 0.341 e. The monoisotopic (exact) mass is 1150 g/mol. The number of aromatic nitrogens is 1. The number of carboxylic acid groups (broad SMARTS) is 1. The number of nitrogens with one attached hydrogen (secondary N) is 1. The normalized spacial score (nSPS) is 28.1. The number of aliphatic hydroxyl groups excluding tert-OH is 2. The van der Waals surface area contributed by atoms with Crippen LogP contribution in [0, 0.1) is 24.6 Å². The third-order valence-electron chi connectivity index (χ3n) is 16.5. The number of benzene rings is 2. The van der Waals surface area contributed by atoms with Crippen molar-refractivity contribution in [3.8, 4) is 17.2 Å². The van der Waals surface area contributed by atoms with Crippen molar-refractivity contribution in [3.05, 3.63) is 104 Å². The second-order valence-corrected chi connectivity index (χ2v) is 22.0. The number of ether oxygens (including phenoxy) is 5. The fraction of sp³-hybridized carbons (Fsp3) is 0.483. The van der Waals surface area contributed by atoms with Crippen molar-refractivity contribution in [3.63, 3.8) is 0 Å². The van der Waals surface area contributed by atoms with E-state index in [-0.39, 0.29) is 121 Å². The van der Waals surface area contributed by atoms with E-state index in [0.717, 1.165) is 32.1 Å². The first-order valence-electron chi connectivity index (χ1n) is 27.4. The zero-order chi connectivity index (χ0) is 60.3. The van der Waals surface area contributed by atoms with Gasteiger partial charge in [-0.3, -0.25) is 33.6 Å². The van der Waals surface area contributed by atoms with E-state index in [1.165, 1.54) is 65.5 Å². The lowest BCUT2D eigenvalue weighted by Gasteiger charge is -2.41. The number of hydrogen-bond acceptors (Lipinski definition) is 20. The SMILES string of the molecule is COc1c(N2CCN(C(=O)C3CCN(C4=C5NC(=O)/C(C)=C\C=C\[C@H](C)[C@H](O)[C@@H](N)[C@@H](O)[C@@H](N)[C@H](OC(C)=O)C[C@@H](OC)/C=C/O[C@@]6(C)Oc7c(C)c(O)c(c(c7C6=O)C4=O)C5=O)CC3)CC2)c(F)cc2c(=O)c(C(=O)O)cn(C3CC3)c12. The van der Waals surface area contributed by atoms with Crippen LogP contribution >= 0.6 is 0 Å². The number of halogens is 1. The number of amides is 2. The van der Waals surface area contributed by atoms with E-state index in [4.69, 9.17) is 35.2 Å². The summed E-state index contributed by atoms with van der Waals surface area (Å²) in [5.41, 5.74) is 9.45. The van der Waals surface area contributed by atoms with E-state index in [2.05, 4.69) is 5.32 Å². The van der Waals surface area contributed by atoms with Gasteiger partial charge in [-0.05, 0) is 51.7 Å². The minimum atomic E-state index is -2.22. The highest BCUT2D eigenvalue weighted by molar-refractivity contribution is 6.32. The number of carbonyl (C=O) groups is 7. The lowest BCUT2D eigenvalue weighted by Crippen LogP contribution is -2.59. The minimum absolute atomic E-state index is 0.000188. The summed E-state index contributed by atoms with van der Waals surface area (Å²) in [5, 5.41) is 46.6. The zero-order valence-electron chi connectivity index (χ0n) is 46.9. The fourth-order valence-corrected chi connectivity index (χ4v) is 11.6. The summed E-state index contributed by atoms with van der Waals surface area (Å²) >= 11 is 0. The lowest BCUT2D eigenvalue weighted by atomic mass is 9.81. The number of aromatic carboxylic acids is 1. The number of methoxy groups -OCH3 is 2. The summed E-state index contributed by atoms with van der Waals surface area (Å²) in [6, 6.07) is -1.80. The molecule has 3 fully saturated rings. The van der Waals surface area contributed by atoms with Gasteiger partial charge in [0.15, 0.2) is 11.6 Å². The van der Waals surface area contributed by atoms with Crippen LogP contribution in [0.5, 0.6) is 17.2 Å². The standard InChI is InChI=1S/C58H68FN7O17/c1-26-9-8-10-27(2)55(75)62-42-45(63-16-13-30(14-17-63)56(76)65-20-18-64(19-21-65)44-35(59)24-33-43(53(44)80-7)66(31-11-12-31)25-34(48(33)70)57(77)78)50(72)37-38(49(42)71)47(69)28(3)52-39(37)54(74)58(5,83-52)81-22-15-32(79-6)23-36(82-29(4)67)40(60)51(73)41(61)46(26)68/h8-10,15,22,24-26,30-32,36,40-41,46,51,68-69,73H,11-14,16-21,23,60-61H2,1-7H3,(H,62,75)(H,77,78)/b9-8+,22-15+,27-10-/t26-,32-,36+,40-,41+,46-,51-,58-/m0/s1. The number of nitrogens with zero attached hydrogens (tertiary/aromatic N) is 4. The second-order valence-electron chi connectivity index (χ2n) is 22.0. The smallest absolute Gasteiger partial charge is 0.341 e. The number of aromatic hydroxyl groups is 1. The van der Waals surface area contributed by atoms with Crippen molar-refractivity contribution in [2.75, 3.05) is 58.4 Å². The predicted octanol–water partition coefficient (Wildman–Crippen LogP) is 2.65. The average Bonchev–Trinajstić information content (AvgIpc) is 1.96. The highest BCUT2D eigenvalue weighted by atomic mass is 19.1. The van der Waals surface area contributed by atoms with E-state index in [1.807, 2.05) is 0 Å². The molecule has 2 amide bonds. The number of esters is 1. The zero-order valence-corrected chi connectivity index (χ0v) is 46.9. The van der Waals surface area contributed by atoms with Crippen LogP contribution in [0.2, 0.25) is 0 Å². The van der Waals surface area contributed by atoms with Gasteiger partial charge in [-0.1, -0.05) is 25.2 Å². The number of carboxylic acids is 1. The molecule has 5 aliphatic heterocycles. The van der Waals surface area contributed by atoms with Gasteiger partial charge in [-0.15, -0.1) is 0 Å². The van der Waals surface area contributed by atoms with E-state index < -0.39 is 129 Å². The topological polar surface area (TPSA) is 342 Å². The fourth-order valence-electron chi connectivity index (χ4n) is 11.6. The van der Waals surface area contributed by atoms with Crippen LogP contribution in [0.3, 0.4) is 0 Å². The number of aliphatic hydroxyl groups is 2. The molecule has 9 N–H and O–H groups in total. The molecule has 0 spiro atoms. The summed E-state index contributed by atoms with van der Waals surface area (Å²) in [4.78, 5) is 116. The van der Waals surface area contributed by atoms with Crippen LogP contribution in [0.1, 0.15) is 113 Å². The van der Waals surface area contributed by atoms with Crippen molar-refractivity contribution < 1.29 is 82.1 Å². The molecule has 24 nitrogen and oxygen atoms in total. The number of piperidine rings is 1. The molecule has 0 radical (unpaired) electrons. The summed E-state index contributed by atoms with van der Waals surface area (Å²) in [6.07, 6.45) is 4.33. The van der Waals surface area contributed by atoms with Crippen molar-refractivity contribution in [1.29, 1.82) is 0 Å². The van der Waals surface area contributed by atoms with Crippen molar-refractivity contribution in [1.82, 2.24) is 19.7 Å². The average molecular weight is 1150 g/mol. The number of ketones is 3. The van der Waals surface area contributed by atoms with Gasteiger partial charge in [0.2, 0.25) is 22.9 Å². The Balaban J connectivity index is 1.00. The number of phenols is 1. The number of rotatable bonds is 8. The number of hydrogen-bond donors (Lipinski definition) is 7. The molecule has 83 heavy (non-hydrogen) atoms. The molecule has 2 saturated heterocycles. The number of pyridine rings is 1. The molecule has 8 atom stereocenters. The molecule has 25 heteroatoms. The number of allylic oxidation sites excluding steroid dienone is 4. The predicted molar refractivity (Wildman–Crippen MR) is 294 cm³/mol. The molecular formula is C58H68FN7O17. The molecular weight excluding hydrogens is 1090 g/mol. The third kappa shape index (κ3) is 11.0. The number of likely N-dealkylation sites (tertiary alicyclic amines) is 1. The Hall–Kier alpha value is -7.97. The number of piperazine rings is 1. The van der Waals surface area contributed by atoms with Gasteiger partial charge in [0.25, 0.3) is 11.7 Å². The van der Waals surface area contributed by atoms with Crippen molar-refractivity contribution in [2.24, 2.45) is 23.3 Å². The van der Waals surface area contributed by atoms with Gasteiger partial charge in [-0.2, -0.15) is 0 Å². The van der Waals surface area contributed by atoms with Crippen molar-refractivity contribution in [2.45, 2.75) is 115 Å². The summed E-state index contributed by atoms with van der Waals surface area (Å²) < 4.78 is 46.8. The summed E-state index contributed by atoms with van der Waals surface area (Å²) in [6.45, 7) is 7.43. The highest BCUT2D eigenvalue weighted by Gasteiger charge is 2.53. The molecule has 10 rings (SSSR count). The van der Waals surface area contributed by atoms with Crippen molar-refractivity contribution >= 4 is 57.7 Å². The molecule has 2 aliphatic carbocycles. The van der Waals surface area contributed by atoms with Gasteiger partial charge in [0.1, 0.15) is 40.2 Å². The first-order valence-corrected chi connectivity index (χ1v) is 27.4. The third-order valence-corrected chi connectivity index (χ3v) is 16.5. The van der Waals surface area contributed by atoms with Crippen LogP contribution in [-0.2, 0) is 28.6 Å². The van der Waals surface area contributed by atoms with Gasteiger partial charge in [0.05, 0.1) is 71.4 Å². The molecule has 3 aromatic rings. The molecule has 1 aromatic heterocycles. The molecule has 2 aromatic carbocycles. The maximum absolute atomic E-state index is 16.2. The quantitative estimate of drug-likeness (QED) is 0.159. The molecule has 7 aliphatic rings. The molecule has 1 saturated carbocycles. The summed E-state index contributed by atoms with van der Waals surface area (Å²) in [5.74, 6) is -11.3. The van der Waals surface area contributed by atoms with Crippen LogP contribution in [-0.4, -0.2) is 172 Å². The van der Waals surface area contributed by atoms with E-state index in [9.17, 15) is 54.0 Å². The Kier molecular flexibility index (Phi) is 16.8. The first-order chi connectivity index (χ1) is 39.3. The first kappa shape index (κ1) is 59.6. The van der Waals surface area contributed by atoms with Gasteiger partial charge >= 0.3 is 17.7 Å². The molecule has 6 heterocycles. The Morgan fingerprint density at radius 2 is 1.55 bits per heavy atom. The number of carbonyl (C=O) groups excluding carboxylic acids is 6. The maximum atomic E-state index is 16.2. The summed E-state index contributed by atoms with van der Waals surface area (Å²) in [7, 11) is 2.67. The largest absolute Gasteiger partial charge is 0.507 e. The lowest BCUT2D eigenvalue weighted by molar-refractivity contribution is -0.151. The molecule has 0 unspecified atom stereocenters. The van der Waals surface area contributed by atoms with Crippen LogP contribution in [0.4, 0.5) is 10.1 Å². The number of Topliss-reactive ketones (excluding diaryl/α,β-unsaturated/α-hetero) is 3. The number of nitrogens with two attached hydrogens (primary N) is 2. The van der Waals surface area contributed by atoms with Crippen LogP contribution in [0.25, 0.3) is 10.9 Å². The van der Waals surface area contributed by atoms with E-state index >= 15 is 9.18 Å². The number of phenolic OH excluding ortho intramolecular Hbond substituents is 1. The second kappa shape index (κ2) is 23.4. The van der Waals surface area contributed by atoms with E-state index in [1.54, 1.807) is 26.2 Å². The number of fused-ring (bicyclic) bond motifs is 15. The molecule has 444 valence electrons. The van der Waals surface area contributed by atoms with Gasteiger partial charge in [0, 0.05) is 102 Å². The highest BCUT2D eigenvalue weighted by Crippen LogP contribution is 2.50. The van der Waals surface area contributed by atoms with Gasteiger partial charge in [-0.25, -0.2) is 9.18 Å². The van der Waals surface area contributed by atoms with Crippen LogP contribution in [0.15, 0.2) is 64.6 Å².